The van der Waals surface area contributed by atoms with E-state index in [9.17, 15) is 9.59 Å². The Bertz CT molecular complexity index is 1360. The first kappa shape index (κ1) is 22.5. The van der Waals surface area contributed by atoms with Gasteiger partial charge in [-0.3, -0.25) is 4.79 Å². The number of aryl methyl sites for hydroxylation is 1. The van der Waals surface area contributed by atoms with Gasteiger partial charge in [-0.25, -0.2) is 4.79 Å². The van der Waals surface area contributed by atoms with Gasteiger partial charge in [0, 0.05) is 22.2 Å². The Hall–Kier alpha value is -3.65. The van der Waals surface area contributed by atoms with Gasteiger partial charge >= 0.3 is 5.97 Å². The number of nitrogens with one attached hydrogen (secondary N) is 2. The summed E-state index contributed by atoms with van der Waals surface area (Å²) >= 11 is 6.55. The molecule has 0 bridgehead atoms. The van der Waals surface area contributed by atoms with Gasteiger partial charge in [0.15, 0.2) is 11.5 Å². The van der Waals surface area contributed by atoms with Crippen LogP contribution in [0.2, 0.25) is 5.02 Å². The number of ether oxygens (including phenoxy) is 1. The molecule has 0 aliphatic heterocycles. The molecule has 0 saturated carbocycles. The van der Waals surface area contributed by atoms with Gasteiger partial charge in [-0.05, 0) is 48.9 Å². The van der Waals surface area contributed by atoms with Crippen molar-refractivity contribution in [2.75, 3.05) is 12.4 Å². The summed E-state index contributed by atoms with van der Waals surface area (Å²) < 4.78 is 6.19. The van der Waals surface area contributed by atoms with Crippen LogP contribution in [-0.2, 0) is 10.2 Å². The van der Waals surface area contributed by atoms with E-state index < -0.39 is 5.97 Å². The standard InChI is InChI=1S/C24H24ClN5O3/c1-13-6-11-16(26-22(31)14-7-9-15(10-8-14)23(32)33-5)12-17(13)20-27-21-18(25)19(24(2,3)4)28-30(21)29-20/h6-12H,1-5H3,(H,26,31)(H,27,29). The van der Waals surface area contributed by atoms with Crippen LogP contribution in [0.5, 0.6) is 0 Å². The maximum atomic E-state index is 12.7. The lowest BCUT2D eigenvalue weighted by Crippen LogP contribution is -2.13. The van der Waals surface area contributed by atoms with Gasteiger partial charge in [0.1, 0.15) is 5.02 Å². The highest BCUT2D eigenvalue weighted by Crippen LogP contribution is 2.32. The first-order valence-electron chi connectivity index (χ1n) is 10.3. The zero-order valence-corrected chi connectivity index (χ0v) is 19.7. The molecule has 0 spiro atoms. The predicted molar refractivity (Wildman–Crippen MR) is 127 cm³/mol. The van der Waals surface area contributed by atoms with Gasteiger partial charge in [0.2, 0.25) is 0 Å². The largest absolute Gasteiger partial charge is 0.465 e. The quantitative estimate of drug-likeness (QED) is 0.412. The molecule has 33 heavy (non-hydrogen) atoms. The number of aromatic amines is 1. The molecule has 4 aromatic rings. The third-order valence-corrected chi connectivity index (χ3v) is 5.63. The number of carbonyl (C=O) groups is 2. The fourth-order valence-electron chi connectivity index (χ4n) is 3.43. The second-order valence-electron chi connectivity index (χ2n) is 8.78. The summed E-state index contributed by atoms with van der Waals surface area (Å²) in [5.74, 6) is -0.158. The number of hydrogen-bond donors (Lipinski definition) is 2. The molecule has 0 aliphatic carbocycles. The minimum atomic E-state index is -0.454. The molecule has 0 saturated heterocycles. The normalized spacial score (nSPS) is 11.6. The minimum Gasteiger partial charge on any atom is -0.465 e. The highest BCUT2D eigenvalue weighted by molar-refractivity contribution is 6.34. The summed E-state index contributed by atoms with van der Waals surface area (Å²) in [7, 11) is 1.31. The van der Waals surface area contributed by atoms with Crippen molar-refractivity contribution < 1.29 is 14.3 Å². The van der Waals surface area contributed by atoms with Crippen LogP contribution >= 0.6 is 11.6 Å². The number of rotatable bonds is 4. The number of hydrogen-bond acceptors (Lipinski definition) is 5. The van der Waals surface area contributed by atoms with E-state index in [0.717, 1.165) is 16.8 Å². The highest BCUT2D eigenvalue weighted by Gasteiger charge is 2.25. The molecule has 8 nitrogen and oxygen atoms in total. The van der Waals surface area contributed by atoms with Crippen LogP contribution in [0.25, 0.3) is 17.0 Å². The Balaban J connectivity index is 1.60. The molecule has 0 radical (unpaired) electrons. The number of aromatic nitrogens is 4. The average molecular weight is 466 g/mol. The van der Waals surface area contributed by atoms with Crippen molar-refractivity contribution in [1.29, 1.82) is 0 Å². The summed E-state index contributed by atoms with van der Waals surface area (Å²) in [5.41, 5.74) is 4.37. The van der Waals surface area contributed by atoms with Gasteiger partial charge in [-0.15, -0.1) is 9.73 Å². The van der Waals surface area contributed by atoms with Crippen LogP contribution in [0.3, 0.4) is 0 Å². The SMILES string of the molecule is COC(=O)c1ccc(C(=O)Nc2ccc(C)c(-c3nn4nc(C(C)(C)C)c(Cl)c4[nH]3)c2)cc1. The fourth-order valence-corrected chi connectivity index (χ4v) is 3.88. The highest BCUT2D eigenvalue weighted by atomic mass is 35.5. The van der Waals surface area contributed by atoms with Crippen molar-refractivity contribution in [3.63, 3.8) is 0 Å². The molecule has 2 aromatic heterocycles. The minimum absolute atomic E-state index is 0.207. The lowest BCUT2D eigenvalue weighted by atomic mass is 9.92. The van der Waals surface area contributed by atoms with E-state index >= 15 is 0 Å². The zero-order chi connectivity index (χ0) is 23.9. The molecule has 2 heterocycles. The number of esters is 1. The van der Waals surface area contributed by atoms with Crippen LogP contribution < -0.4 is 5.32 Å². The van der Waals surface area contributed by atoms with Crippen molar-refractivity contribution >= 4 is 34.8 Å². The van der Waals surface area contributed by atoms with Gasteiger partial charge in [0.25, 0.3) is 5.91 Å². The molecule has 170 valence electrons. The Morgan fingerprint density at radius 2 is 1.73 bits per heavy atom. The van der Waals surface area contributed by atoms with Gasteiger partial charge < -0.3 is 15.0 Å². The number of carbonyl (C=O) groups excluding carboxylic acids is 2. The van der Waals surface area contributed by atoms with E-state index in [1.165, 1.54) is 11.7 Å². The fraction of sp³-hybridized carbons (Fsp3) is 0.250. The predicted octanol–water partition coefficient (Wildman–Crippen LogP) is 5.02. The first-order chi connectivity index (χ1) is 15.6. The van der Waals surface area contributed by atoms with Crippen molar-refractivity contribution in [2.45, 2.75) is 33.1 Å². The van der Waals surface area contributed by atoms with Crippen molar-refractivity contribution in [3.8, 4) is 11.4 Å². The summed E-state index contributed by atoms with van der Waals surface area (Å²) in [6.07, 6.45) is 0. The number of nitrogens with zero attached hydrogens (tertiary/aromatic N) is 3. The molecule has 0 unspecified atom stereocenters. The smallest absolute Gasteiger partial charge is 0.337 e. The molecular weight excluding hydrogens is 442 g/mol. The van der Waals surface area contributed by atoms with E-state index in [-0.39, 0.29) is 11.3 Å². The van der Waals surface area contributed by atoms with E-state index in [0.29, 0.717) is 33.3 Å². The van der Waals surface area contributed by atoms with E-state index in [4.69, 9.17) is 11.6 Å². The molecule has 4 rings (SSSR count). The van der Waals surface area contributed by atoms with E-state index in [2.05, 4.69) is 25.2 Å². The molecule has 2 N–H and O–H groups in total. The van der Waals surface area contributed by atoms with Crippen molar-refractivity contribution in [1.82, 2.24) is 19.8 Å². The summed E-state index contributed by atoms with van der Waals surface area (Å²) in [6, 6.07) is 11.8. The number of anilines is 1. The lowest BCUT2D eigenvalue weighted by Gasteiger charge is -2.14. The second-order valence-corrected chi connectivity index (χ2v) is 9.15. The lowest BCUT2D eigenvalue weighted by molar-refractivity contribution is 0.0600. The Kier molecular flexibility index (Phi) is 5.71. The number of methoxy groups -OCH3 is 1. The number of halogens is 1. The summed E-state index contributed by atoms with van der Waals surface area (Å²) in [4.78, 5) is 27.5. The first-order valence-corrected chi connectivity index (χ1v) is 10.7. The maximum absolute atomic E-state index is 12.7. The number of amides is 1. The summed E-state index contributed by atoms with van der Waals surface area (Å²) in [5, 5.41) is 12.5. The van der Waals surface area contributed by atoms with Crippen molar-refractivity contribution in [3.05, 3.63) is 69.9 Å². The molecular formula is C24H24ClN5O3. The van der Waals surface area contributed by atoms with E-state index in [1.807, 2.05) is 45.9 Å². The number of benzene rings is 2. The Morgan fingerprint density at radius 1 is 1.06 bits per heavy atom. The average Bonchev–Trinajstić information content (AvgIpc) is 3.33. The topological polar surface area (TPSA) is 101 Å². The van der Waals surface area contributed by atoms with E-state index in [1.54, 1.807) is 24.3 Å². The monoisotopic (exact) mass is 465 g/mol. The molecule has 0 aliphatic rings. The number of H-pyrrole nitrogens is 1. The third kappa shape index (κ3) is 4.34. The van der Waals surface area contributed by atoms with Crippen LogP contribution in [0.15, 0.2) is 42.5 Å². The van der Waals surface area contributed by atoms with Crippen LogP contribution in [0.1, 0.15) is 52.7 Å². The molecule has 9 heteroatoms. The van der Waals surface area contributed by atoms with Crippen LogP contribution in [0, 0.1) is 6.92 Å². The van der Waals surface area contributed by atoms with Gasteiger partial charge in [-0.2, -0.15) is 5.10 Å². The molecule has 1 amide bonds. The summed E-state index contributed by atoms with van der Waals surface area (Å²) in [6.45, 7) is 8.09. The van der Waals surface area contributed by atoms with Crippen LogP contribution in [-0.4, -0.2) is 38.8 Å². The zero-order valence-electron chi connectivity index (χ0n) is 19.0. The Morgan fingerprint density at radius 3 is 2.33 bits per heavy atom. The molecule has 0 fully saturated rings. The van der Waals surface area contributed by atoms with Gasteiger partial charge in [-0.1, -0.05) is 38.4 Å². The number of fused-ring (bicyclic) bond motifs is 1. The third-order valence-electron chi connectivity index (χ3n) is 5.27. The maximum Gasteiger partial charge on any atom is 0.337 e. The Labute approximate surface area is 195 Å². The van der Waals surface area contributed by atoms with Gasteiger partial charge in [0.05, 0.1) is 18.4 Å². The molecule has 0 atom stereocenters. The molecule has 2 aromatic carbocycles. The second kappa shape index (κ2) is 8.37. The van der Waals surface area contributed by atoms with Crippen LogP contribution in [0.4, 0.5) is 5.69 Å². The van der Waals surface area contributed by atoms with Crippen molar-refractivity contribution in [2.24, 2.45) is 0 Å².